The molecule has 0 aromatic carbocycles. The fourth-order valence-corrected chi connectivity index (χ4v) is 2.46. The molecule has 2 rings (SSSR count). The molecule has 5 heteroatoms. The molecule has 1 aliphatic rings. The Bertz CT molecular complexity index is 366. The summed E-state index contributed by atoms with van der Waals surface area (Å²) in [5, 5.41) is 4.17. The molecule has 1 aliphatic heterocycles. The number of hydrogen-bond acceptors (Lipinski definition) is 3. The molecule has 0 spiro atoms. The first-order valence-electron chi connectivity index (χ1n) is 5.54. The van der Waals surface area contributed by atoms with Crippen molar-refractivity contribution in [1.29, 1.82) is 0 Å². The standard InChI is InChI=1S/C11H18BrN3O/c1-8-5-14(2)6-10(8)16-7-9-4-13-15(3)11(9)12/h4,8,10H,5-7H2,1-3H3/t8-,10-/m0/s1. The molecular formula is C11H18BrN3O. The van der Waals surface area contributed by atoms with Gasteiger partial charge in [-0.25, -0.2) is 0 Å². The number of halogens is 1. The third-order valence-corrected chi connectivity index (χ3v) is 4.14. The van der Waals surface area contributed by atoms with E-state index in [1.165, 1.54) is 0 Å². The van der Waals surface area contributed by atoms with Crippen molar-refractivity contribution >= 4 is 15.9 Å². The van der Waals surface area contributed by atoms with Gasteiger partial charge in [0.25, 0.3) is 0 Å². The van der Waals surface area contributed by atoms with Gasteiger partial charge in [0.2, 0.25) is 0 Å². The molecule has 0 bridgehead atoms. The third kappa shape index (κ3) is 2.47. The van der Waals surface area contributed by atoms with Crippen molar-refractivity contribution in [1.82, 2.24) is 14.7 Å². The number of ether oxygens (including phenoxy) is 1. The van der Waals surface area contributed by atoms with Crippen molar-refractivity contribution in [2.75, 3.05) is 20.1 Å². The molecule has 0 unspecified atom stereocenters. The van der Waals surface area contributed by atoms with E-state index in [0.29, 0.717) is 18.6 Å². The first-order chi connectivity index (χ1) is 7.58. The van der Waals surface area contributed by atoms with E-state index >= 15 is 0 Å². The van der Waals surface area contributed by atoms with Crippen LogP contribution in [0.15, 0.2) is 10.8 Å². The fourth-order valence-electron chi connectivity index (χ4n) is 2.15. The SMILES string of the molecule is C[C@H]1CN(C)C[C@@H]1OCc1cnn(C)c1Br. The molecule has 1 fully saturated rings. The van der Waals surface area contributed by atoms with E-state index in [1.807, 2.05) is 17.9 Å². The van der Waals surface area contributed by atoms with E-state index < -0.39 is 0 Å². The minimum Gasteiger partial charge on any atom is -0.372 e. The van der Waals surface area contributed by atoms with E-state index in [4.69, 9.17) is 4.74 Å². The first kappa shape index (κ1) is 12.1. The van der Waals surface area contributed by atoms with Gasteiger partial charge in [-0.3, -0.25) is 4.68 Å². The van der Waals surface area contributed by atoms with Crippen LogP contribution in [-0.4, -0.2) is 40.9 Å². The zero-order valence-electron chi connectivity index (χ0n) is 9.98. The Morgan fingerprint density at radius 1 is 1.50 bits per heavy atom. The van der Waals surface area contributed by atoms with Crippen LogP contribution < -0.4 is 0 Å². The molecule has 1 aromatic heterocycles. The number of aromatic nitrogens is 2. The zero-order chi connectivity index (χ0) is 11.7. The topological polar surface area (TPSA) is 30.3 Å². The fraction of sp³-hybridized carbons (Fsp3) is 0.727. The number of likely N-dealkylation sites (N-methyl/N-ethyl adjacent to an activating group) is 1. The van der Waals surface area contributed by atoms with Crippen molar-refractivity contribution in [2.45, 2.75) is 19.6 Å². The quantitative estimate of drug-likeness (QED) is 0.847. The molecule has 0 N–H and O–H groups in total. The number of nitrogens with zero attached hydrogens (tertiary/aromatic N) is 3. The summed E-state index contributed by atoms with van der Waals surface area (Å²) in [6, 6.07) is 0. The van der Waals surface area contributed by atoms with E-state index in [0.717, 1.165) is 23.3 Å². The second kappa shape index (κ2) is 4.85. The van der Waals surface area contributed by atoms with Crippen LogP contribution in [0.3, 0.4) is 0 Å². The van der Waals surface area contributed by atoms with E-state index in [-0.39, 0.29) is 0 Å². The average molecular weight is 288 g/mol. The molecule has 0 aliphatic carbocycles. The van der Waals surface area contributed by atoms with Crippen LogP contribution in [0.4, 0.5) is 0 Å². The lowest BCUT2D eigenvalue weighted by atomic mass is 10.1. The minimum atomic E-state index is 0.345. The van der Waals surface area contributed by atoms with Crippen LogP contribution in [-0.2, 0) is 18.4 Å². The lowest BCUT2D eigenvalue weighted by molar-refractivity contribution is 0.0268. The Morgan fingerprint density at radius 3 is 2.75 bits per heavy atom. The van der Waals surface area contributed by atoms with Crippen molar-refractivity contribution in [2.24, 2.45) is 13.0 Å². The van der Waals surface area contributed by atoms with Gasteiger partial charge in [-0.15, -0.1) is 0 Å². The Morgan fingerprint density at radius 2 is 2.25 bits per heavy atom. The van der Waals surface area contributed by atoms with Gasteiger partial charge in [-0.1, -0.05) is 6.92 Å². The van der Waals surface area contributed by atoms with Crippen molar-refractivity contribution in [3.63, 3.8) is 0 Å². The second-order valence-electron chi connectivity index (χ2n) is 4.63. The summed E-state index contributed by atoms with van der Waals surface area (Å²) in [7, 11) is 4.05. The molecule has 2 heterocycles. The Kier molecular flexibility index (Phi) is 3.66. The summed E-state index contributed by atoms with van der Waals surface area (Å²) in [5.41, 5.74) is 1.12. The zero-order valence-corrected chi connectivity index (χ0v) is 11.6. The number of rotatable bonds is 3. The van der Waals surface area contributed by atoms with Gasteiger partial charge in [-0.05, 0) is 28.9 Å². The predicted molar refractivity (Wildman–Crippen MR) is 66.1 cm³/mol. The van der Waals surface area contributed by atoms with Crippen LogP contribution in [0.25, 0.3) is 0 Å². The lowest BCUT2D eigenvalue weighted by Crippen LogP contribution is -2.21. The third-order valence-electron chi connectivity index (χ3n) is 3.11. The van der Waals surface area contributed by atoms with E-state index in [1.54, 1.807) is 0 Å². The first-order valence-corrected chi connectivity index (χ1v) is 6.33. The highest BCUT2D eigenvalue weighted by atomic mass is 79.9. The van der Waals surface area contributed by atoms with Gasteiger partial charge in [0.15, 0.2) is 0 Å². The molecular weight excluding hydrogens is 270 g/mol. The normalized spacial score (nSPS) is 26.5. The highest BCUT2D eigenvalue weighted by Crippen LogP contribution is 2.21. The Balaban J connectivity index is 1.90. The molecule has 1 saturated heterocycles. The molecule has 0 saturated carbocycles. The maximum absolute atomic E-state index is 5.94. The largest absolute Gasteiger partial charge is 0.372 e. The molecule has 4 nitrogen and oxygen atoms in total. The summed E-state index contributed by atoms with van der Waals surface area (Å²) < 4.78 is 8.76. The summed E-state index contributed by atoms with van der Waals surface area (Å²) in [6.45, 7) is 5.03. The highest BCUT2D eigenvalue weighted by molar-refractivity contribution is 9.10. The van der Waals surface area contributed by atoms with Gasteiger partial charge in [0.05, 0.1) is 18.9 Å². The van der Waals surface area contributed by atoms with Crippen molar-refractivity contribution in [3.8, 4) is 0 Å². The highest BCUT2D eigenvalue weighted by Gasteiger charge is 2.28. The summed E-state index contributed by atoms with van der Waals surface area (Å²) >= 11 is 3.50. The summed E-state index contributed by atoms with van der Waals surface area (Å²) in [6.07, 6.45) is 2.20. The smallest absolute Gasteiger partial charge is 0.109 e. The van der Waals surface area contributed by atoms with Gasteiger partial charge in [0.1, 0.15) is 4.60 Å². The van der Waals surface area contributed by atoms with Crippen LogP contribution in [0.2, 0.25) is 0 Å². The van der Waals surface area contributed by atoms with E-state index in [9.17, 15) is 0 Å². The molecule has 2 atom stereocenters. The van der Waals surface area contributed by atoms with Gasteiger partial charge >= 0.3 is 0 Å². The Hall–Kier alpha value is -0.390. The van der Waals surface area contributed by atoms with Crippen LogP contribution in [0.1, 0.15) is 12.5 Å². The summed E-state index contributed by atoms with van der Waals surface area (Å²) in [4.78, 5) is 2.31. The molecule has 0 radical (unpaired) electrons. The second-order valence-corrected chi connectivity index (χ2v) is 5.38. The lowest BCUT2D eigenvalue weighted by Gasteiger charge is -2.15. The minimum absolute atomic E-state index is 0.345. The molecule has 1 aromatic rings. The van der Waals surface area contributed by atoms with Gasteiger partial charge in [0, 0.05) is 25.7 Å². The average Bonchev–Trinajstić information content (AvgIpc) is 2.70. The predicted octanol–water partition coefficient (Wildman–Crippen LogP) is 1.65. The van der Waals surface area contributed by atoms with Crippen LogP contribution in [0.5, 0.6) is 0 Å². The molecule has 16 heavy (non-hydrogen) atoms. The maximum Gasteiger partial charge on any atom is 0.109 e. The van der Waals surface area contributed by atoms with E-state index in [2.05, 4.69) is 39.9 Å². The van der Waals surface area contributed by atoms with Crippen molar-refractivity contribution < 1.29 is 4.74 Å². The van der Waals surface area contributed by atoms with Crippen molar-refractivity contribution in [3.05, 3.63) is 16.4 Å². The molecule has 90 valence electrons. The van der Waals surface area contributed by atoms with Gasteiger partial charge in [-0.2, -0.15) is 5.10 Å². The van der Waals surface area contributed by atoms with Crippen LogP contribution in [0, 0.1) is 5.92 Å². The number of aryl methyl sites for hydroxylation is 1. The monoisotopic (exact) mass is 287 g/mol. The molecule has 0 amide bonds. The number of likely N-dealkylation sites (tertiary alicyclic amines) is 1. The van der Waals surface area contributed by atoms with Gasteiger partial charge < -0.3 is 9.64 Å². The van der Waals surface area contributed by atoms with Crippen LogP contribution >= 0.6 is 15.9 Å². The number of hydrogen-bond donors (Lipinski definition) is 0. The summed E-state index contributed by atoms with van der Waals surface area (Å²) in [5.74, 6) is 0.612. The Labute approximate surface area is 105 Å². The maximum atomic E-state index is 5.94.